The summed E-state index contributed by atoms with van der Waals surface area (Å²) in [4.78, 5) is 8.47. The molecule has 0 saturated carbocycles. The minimum atomic E-state index is 0.466. The molecular weight excluding hydrogens is 204 g/mol. The van der Waals surface area contributed by atoms with Crippen LogP contribution >= 0.6 is 23.4 Å². The number of nitrogens with zero attached hydrogens (tertiary/aromatic N) is 2. The van der Waals surface area contributed by atoms with Crippen molar-refractivity contribution in [1.82, 2.24) is 9.97 Å². The Morgan fingerprint density at radius 1 is 1.54 bits per heavy atom. The van der Waals surface area contributed by atoms with Gasteiger partial charge in [0, 0.05) is 6.20 Å². The second-order valence-corrected chi connectivity index (χ2v) is 4.02. The molecule has 2 nitrogen and oxygen atoms in total. The Kier molecular flexibility index (Phi) is 5.16. The summed E-state index contributed by atoms with van der Waals surface area (Å²) in [7, 11) is 0. The maximum absolute atomic E-state index is 5.66. The first-order valence-electron chi connectivity index (χ1n) is 4.31. The molecule has 0 fully saturated rings. The van der Waals surface area contributed by atoms with E-state index in [4.69, 9.17) is 11.6 Å². The second kappa shape index (κ2) is 6.22. The van der Waals surface area contributed by atoms with Crippen molar-refractivity contribution in [3.05, 3.63) is 23.8 Å². The average molecular weight is 217 g/mol. The molecule has 0 atom stereocenters. The zero-order valence-corrected chi connectivity index (χ0v) is 9.24. The molecular formula is C9H13ClN2S. The molecule has 4 heteroatoms. The van der Waals surface area contributed by atoms with Crippen molar-refractivity contribution >= 4 is 23.4 Å². The predicted octanol–water partition coefficient (Wildman–Crippen LogP) is 2.86. The van der Waals surface area contributed by atoms with Crippen LogP contribution < -0.4 is 0 Å². The predicted molar refractivity (Wildman–Crippen MR) is 58.0 cm³/mol. The summed E-state index contributed by atoms with van der Waals surface area (Å²) in [6.45, 7) is 2.17. The topological polar surface area (TPSA) is 25.8 Å². The van der Waals surface area contributed by atoms with E-state index in [1.165, 1.54) is 6.42 Å². The van der Waals surface area contributed by atoms with Gasteiger partial charge in [0.1, 0.15) is 5.82 Å². The van der Waals surface area contributed by atoms with E-state index in [1.807, 2.05) is 17.8 Å². The normalized spacial score (nSPS) is 10.3. The van der Waals surface area contributed by atoms with Gasteiger partial charge in [-0.2, -0.15) is 11.8 Å². The van der Waals surface area contributed by atoms with Gasteiger partial charge < -0.3 is 0 Å². The van der Waals surface area contributed by atoms with Crippen LogP contribution in [0.5, 0.6) is 0 Å². The van der Waals surface area contributed by atoms with Crippen LogP contribution in [-0.2, 0) is 11.6 Å². The van der Waals surface area contributed by atoms with Crippen molar-refractivity contribution in [2.45, 2.75) is 25.0 Å². The maximum Gasteiger partial charge on any atom is 0.138 e. The molecule has 1 aromatic heterocycles. The summed E-state index contributed by atoms with van der Waals surface area (Å²) < 4.78 is 0. The van der Waals surface area contributed by atoms with Crippen LogP contribution in [0, 0.1) is 0 Å². The highest BCUT2D eigenvalue weighted by atomic mass is 35.5. The van der Waals surface area contributed by atoms with E-state index < -0.39 is 0 Å². The first-order valence-corrected chi connectivity index (χ1v) is 6.00. The maximum atomic E-state index is 5.66. The average Bonchev–Trinajstić information content (AvgIpc) is 2.19. The monoisotopic (exact) mass is 216 g/mol. The molecule has 0 N–H and O–H groups in total. The van der Waals surface area contributed by atoms with Crippen LogP contribution in [0.1, 0.15) is 24.9 Å². The van der Waals surface area contributed by atoms with Crippen LogP contribution in [0.4, 0.5) is 0 Å². The van der Waals surface area contributed by atoms with Gasteiger partial charge in [-0.15, -0.1) is 11.6 Å². The van der Waals surface area contributed by atoms with Crippen molar-refractivity contribution in [2.24, 2.45) is 0 Å². The summed E-state index contributed by atoms with van der Waals surface area (Å²) in [5.74, 6) is 3.40. The van der Waals surface area contributed by atoms with E-state index in [9.17, 15) is 0 Å². The van der Waals surface area contributed by atoms with Gasteiger partial charge >= 0.3 is 0 Å². The van der Waals surface area contributed by atoms with E-state index >= 15 is 0 Å². The lowest BCUT2D eigenvalue weighted by atomic mass is 10.4. The highest BCUT2D eigenvalue weighted by Crippen LogP contribution is 2.09. The van der Waals surface area contributed by atoms with Gasteiger partial charge in [-0.25, -0.2) is 9.97 Å². The molecule has 0 bridgehead atoms. The van der Waals surface area contributed by atoms with Crippen LogP contribution in [-0.4, -0.2) is 15.7 Å². The summed E-state index contributed by atoms with van der Waals surface area (Å²) >= 11 is 7.52. The number of hydrogen-bond donors (Lipinski definition) is 0. The van der Waals surface area contributed by atoms with Gasteiger partial charge in [-0.3, -0.25) is 0 Å². The quantitative estimate of drug-likeness (QED) is 0.559. The first kappa shape index (κ1) is 10.8. The lowest BCUT2D eigenvalue weighted by Gasteiger charge is -2.00. The minimum Gasteiger partial charge on any atom is -0.240 e. The minimum absolute atomic E-state index is 0.466. The Labute approximate surface area is 88.1 Å². The SMILES string of the molecule is CCCSCc1nccc(CCl)n1. The van der Waals surface area contributed by atoms with E-state index in [0.717, 1.165) is 23.0 Å². The molecule has 1 aromatic rings. The summed E-state index contributed by atoms with van der Waals surface area (Å²) in [5.41, 5.74) is 0.906. The largest absolute Gasteiger partial charge is 0.240 e. The lowest BCUT2D eigenvalue weighted by molar-refractivity contribution is 0.983. The number of aromatic nitrogens is 2. The molecule has 0 unspecified atom stereocenters. The van der Waals surface area contributed by atoms with E-state index in [2.05, 4.69) is 16.9 Å². The molecule has 0 aromatic carbocycles. The highest BCUT2D eigenvalue weighted by Gasteiger charge is 1.97. The van der Waals surface area contributed by atoms with Gasteiger partial charge in [-0.1, -0.05) is 6.92 Å². The smallest absolute Gasteiger partial charge is 0.138 e. The van der Waals surface area contributed by atoms with Crippen LogP contribution in [0.25, 0.3) is 0 Å². The number of thioether (sulfide) groups is 1. The molecule has 13 heavy (non-hydrogen) atoms. The summed E-state index contributed by atoms with van der Waals surface area (Å²) in [6.07, 6.45) is 2.96. The first-order chi connectivity index (χ1) is 6.36. The number of hydrogen-bond acceptors (Lipinski definition) is 3. The highest BCUT2D eigenvalue weighted by molar-refractivity contribution is 7.98. The molecule has 0 aliphatic heterocycles. The molecule has 0 amide bonds. The molecule has 0 spiro atoms. The van der Waals surface area contributed by atoms with Crippen LogP contribution in [0.3, 0.4) is 0 Å². The van der Waals surface area contributed by atoms with Crippen molar-refractivity contribution in [1.29, 1.82) is 0 Å². The van der Waals surface area contributed by atoms with Gasteiger partial charge in [0.25, 0.3) is 0 Å². The zero-order valence-electron chi connectivity index (χ0n) is 7.66. The molecule has 1 rings (SSSR count). The fourth-order valence-corrected chi connectivity index (χ4v) is 1.80. The third-order valence-electron chi connectivity index (χ3n) is 1.48. The molecule has 0 aliphatic carbocycles. The van der Waals surface area contributed by atoms with Crippen molar-refractivity contribution < 1.29 is 0 Å². The molecule has 1 heterocycles. The Hall–Kier alpha value is -0.280. The Morgan fingerprint density at radius 2 is 2.38 bits per heavy atom. The Morgan fingerprint density at radius 3 is 3.08 bits per heavy atom. The standard InChI is InChI=1S/C9H13ClN2S/c1-2-5-13-7-9-11-4-3-8(6-10)12-9/h3-4H,2,5-7H2,1H3. The number of rotatable bonds is 5. The lowest BCUT2D eigenvalue weighted by Crippen LogP contribution is -1.95. The Balaban J connectivity index is 2.46. The molecule has 0 radical (unpaired) electrons. The molecule has 0 saturated heterocycles. The number of halogens is 1. The van der Waals surface area contributed by atoms with Crippen LogP contribution in [0.15, 0.2) is 12.3 Å². The molecule has 72 valence electrons. The van der Waals surface area contributed by atoms with Gasteiger partial charge in [0.2, 0.25) is 0 Å². The fourth-order valence-electron chi connectivity index (χ4n) is 0.893. The van der Waals surface area contributed by atoms with E-state index in [1.54, 1.807) is 6.20 Å². The van der Waals surface area contributed by atoms with Gasteiger partial charge in [0.15, 0.2) is 0 Å². The zero-order chi connectivity index (χ0) is 9.52. The van der Waals surface area contributed by atoms with Crippen molar-refractivity contribution in [2.75, 3.05) is 5.75 Å². The van der Waals surface area contributed by atoms with E-state index in [-0.39, 0.29) is 0 Å². The van der Waals surface area contributed by atoms with Gasteiger partial charge in [0.05, 0.1) is 17.3 Å². The second-order valence-electron chi connectivity index (χ2n) is 2.65. The fraction of sp³-hybridized carbons (Fsp3) is 0.556. The summed E-state index contributed by atoms with van der Waals surface area (Å²) in [6, 6.07) is 1.85. The van der Waals surface area contributed by atoms with Crippen molar-refractivity contribution in [3.63, 3.8) is 0 Å². The number of alkyl halides is 1. The molecule has 0 aliphatic rings. The third-order valence-corrected chi connectivity index (χ3v) is 2.91. The van der Waals surface area contributed by atoms with Gasteiger partial charge in [-0.05, 0) is 18.2 Å². The Bertz CT molecular complexity index is 255. The van der Waals surface area contributed by atoms with Crippen molar-refractivity contribution in [3.8, 4) is 0 Å². The summed E-state index contributed by atoms with van der Waals surface area (Å²) in [5, 5.41) is 0. The third kappa shape index (κ3) is 3.96. The van der Waals surface area contributed by atoms with Crippen LogP contribution in [0.2, 0.25) is 0 Å². The van der Waals surface area contributed by atoms with E-state index in [0.29, 0.717) is 5.88 Å².